The molecule has 1 aromatic carbocycles. The van der Waals surface area contributed by atoms with E-state index in [-0.39, 0.29) is 103 Å². The van der Waals surface area contributed by atoms with Gasteiger partial charge in [0.05, 0.1) is 42.7 Å². The number of nitrogens with zero attached hydrogens (tertiary/aromatic N) is 4. The third kappa shape index (κ3) is 17.1. The van der Waals surface area contributed by atoms with E-state index in [1.165, 1.54) is 26.4 Å². The number of likely N-dealkylation sites (tertiary alicyclic amines) is 1. The summed E-state index contributed by atoms with van der Waals surface area (Å²) < 4.78 is 12.2. The number of benzene rings is 1. The average molecular weight is 1080 g/mol. The quantitative estimate of drug-likeness (QED) is 0.0391. The van der Waals surface area contributed by atoms with Crippen LogP contribution in [0.5, 0.6) is 0 Å². The summed E-state index contributed by atoms with van der Waals surface area (Å²) in [6, 6.07) is 7.15. The lowest BCUT2D eigenvalue weighted by molar-refractivity contribution is -0.148. The predicted octanol–water partition coefficient (Wildman–Crippen LogP) is 3.99. The highest BCUT2D eigenvalue weighted by Gasteiger charge is 2.62. The van der Waals surface area contributed by atoms with Crippen LogP contribution in [0.15, 0.2) is 42.5 Å². The van der Waals surface area contributed by atoms with Crippen LogP contribution in [0.2, 0.25) is 0 Å². The minimum Gasteiger partial charge on any atom is -0.379 e. The zero-order chi connectivity index (χ0) is 57.1. The molecule has 9 amide bonds. The molecule has 0 aromatic heterocycles. The van der Waals surface area contributed by atoms with Crippen LogP contribution in [0.25, 0.3) is 0 Å². The van der Waals surface area contributed by atoms with Crippen LogP contribution in [-0.2, 0) is 52.6 Å². The Morgan fingerprint density at radius 2 is 1.44 bits per heavy atom. The van der Waals surface area contributed by atoms with Gasteiger partial charge in [0.2, 0.25) is 41.4 Å². The highest BCUT2D eigenvalue weighted by molar-refractivity contribution is 6.12. The molecule has 5 N–H and O–H groups in total. The standard InChI is InChI=1S/C57H91N9O11/c1-13-30-58-56(75)57(35-41(57)40-23-17-15-18-24-40)60-53(72)39(8)52(77-12)42-25-21-33-65(42)48(71)34-43(76-11)51(38(7)14-2)64(10)55(74)49(36(3)4)59-54(73)50(37(5)6)63(9)31-22-27-45(68)62-61-44(67)26-19-16-20-32-66-46(69)28-29-47(66)70/h15,17-18,23-24,28-29,36-39,41-43,49-52H,13-14,16,19-22,25-27,30-35H2,1-12H3,(H,58,75)(H,59,73)(H,60,72)(H,61,67)(H,62,68)/t38?,39?,41-,42+,43?,49?,50?,51?,52?,57+/m1/s1. The summed E-state index contributed by atoms with van der Waals surface area (Å²) in [6.45, 7) is 16.9. The first kappa shape index (κ1) is 63.8. The molecule has 0 radical (unpaired) electrons. The summed E-state index contributed by atoms with van der Waals surface area (Å²) in [4.78, 5) is 126. The fraction of sp³-hybridized carbons (Fsp3) is 0.702. The molecule has 2 aliphatic heterocycles. The van der Waals surface area contributed by atoms with Crippen molar-refractivity contribution < 1.29 is 52.6 Å². The molecular weight excluding hydrogens is 987 g/mol. The second kappa shape index (κ2) is 30.4. The summed E-state index contributed by atoms with van der Waals surface area (Å²) in [5.41, 5.74) is 4.75. The first-order valence-electron chi connectivity index (χ1n) is 28.0. The molecule has 20 nitrogen and oxygen atoms in total. The van der Waals surface area contributed by atoms with Gasteiger partial charge in [-0.3, -0.25) is 63.8 Å². The van der Waals surface area contributed by atoms with E-state index in [1.54, 1.807) is 30.8 Å². The number of hydrogen-bond donors (Lipinski definition) is 5. The maximum absolute atomic E-state index is 14.7. The van der Waals surface area contributed by atoms with Crippen molar-refractivity contribution in [2.24, 2.45) is 23.7 Å². The zero-order valence-corrected chi connectivity index (χ0v) is 48.0. The molecule has 1 saturated carbocycles. The minimum absolute atomic E-state index is 0.0491. The third-order valence-electron chi connectivity index (χ3n) is 15.8. The van der Waals surface area contributed by atoms with E-state index in [0.29, 0.717) is 71.0 Å². The molecule has 10 atom stereocenters. The van der Waals surface area contributed by atoms with Crippen LogP contribution in [0.3, 0.4) is 0 Å². The minimum atomic E-state index is -1.09. The molecule has 1 aromatic rings. The Balaban J connectivity index is 1.34. The normalized spacial score (nSPS) is 20.8. The number of nitrogens with one attached hydrogen (secondary N) is 5. The fourth-order valence-electron chi connectivity index (χ4n) is 11.1. The number of carbonyl (C=O) groups excluding carboxylic acids is 9. The number of hydrazine groups is 1. The van der Waals surface area contributed by atoms with E-state index in [2.05, 4.69) is 26.8 Å². The molecule has 2 heterocycles. The Morgan fingerprint density at radius 1 is 0.805 bits per heavy atom. The van der Waals surface area contributed by atoms with Crippen molar-refractivity contribution in [3.63, 3.8) is 0 Å². The van der Waals surface area contributed by atoms with Crippen LogP contribution < -0.4 is 26.8 Å². The van der Waals surface area contributed by atoms with E-state index < -0.39 is 47.8 Å². The van der Waals surface area contributed by atoms with Crippen molar-refractivity contribution in [1.82, 2.24) is 46.4 Å². The van der Waals surface area contributed by atoms with Crippen molar-refractivity contribution >= 4 is 53.2 Å². The van der Waals surface area contributed by atoms with E-state index in [0.717, 1.165) is 16.9 Å². The van der Waals surface area contributed by atoms with Crippen molar-refractivity contribution in [3.05, 3.63) is 48.0 Å². The van der Waals surface area contributed by atoms with E-state index >= 15 is 0 Å². The molecule has 3 aliphatic rings. The van der Waals surface area contributed by atoms with Gasteiger partial charge >= 0.3 is 0 Å². The Bertz CT molecular complexity index is 2190. The highest BCUT2D eigenvalue weighted by atomic mass is 16.5. The number of carbonyl (C=O) groups is 9. The molecule has 0 spiro atoms. The van der Waals surface area contributed by atoms with Crippen LogP contribution in [0.1, 0.15) is 144 Å². The van der Waals surface area contributed by atoms with Gasteiger partial charge in [0.25, 0.3) is 11.8 Å². The lowest BCUT2D eigenvalue weighted by Crippen LogP contribution is -2.60. The first-order chi connectivity index (χ1) is 36.6. The van der Waals surface area contributed by atoms with E-state index in [4.69, 9.17) is 9.47 Å². The fourth-order valence-corrected chi connectivity index (χ4v) is 11.1. The Labute approximate surface area is 457 Å². The Hall–Kier alpha value is -5.73. The highest BCUT2D eigenvalue weighted by Crippen LogP contribution is 2.52. The maximum atomic E-state index is 14.7. The van der Waals surface area contributed by atoms with Crippen molar-refractivity contribution in [2.75, 3.05) is 54.5 Å². The molecule has 77 heavy (non-hydrogen) atoms. The molecule has 430 valence electrons. The van der Waals surface area contributed by atoms with Gasteiger partial charge in [-0.1, -0.05) is 98.6 Å². The van der Waals surface area contributed by atoms with Crippen molar-refractivity contribution in [1.29, 1.82) is 0 Å². The zero-order valence-electron chi connectivity index (χ0n) is 48.0. The molecule has 0 bridgehead atoms. The number of rotatable bonds is 32. The second-order valence-electron chi connectivity index (χ2n) is 22.0. The van der Waals surface area contributed by atoms with Gasteiger partial charge < -0.3 is 35.2 Å². The summed E-state index contributed by atoms with van der Waals surface area (Å²) in [5.74, 6) is -4.31. The second-order valence-corrected chi connectivity index (χ2v) is 22.0. The number of likely N-dealkylation sites (N-methyl/N-ethyl adjacent to an activating group) is 2. The van der Waals surface area contributed by atoms with Crippen LogP contribution in [0.4, 0.5) is 0 Å². The molecule has 20 heteroatoms. The van der Waals surface area contributed by atoms with Crippen molar-refractivity contribution in [2.45, 2.75) is 180 Å². The van der Waals surface area contributed by atoms with Gasteiger partial charge in [0.1, 0.15) is 11.6 Å². The van der Waals surface area contributed by atoms with Gasteiger partial charge in [0, 0.05) is 71.8 Å². The summed E-state index contributed by atoms with van der Waals surface area (Å²) in [7, 11) is 6.56. The Kier molecular flexibility index (Phi) is 25.2. The van der Waals surface area contributed by atoms with E-state index in [1.807, 2.05) is 83.7 Å². The summed E-state index contributed by atoms with van der Waals surface area (Å²) >= 11 is 0. The topological polar surface area (TPSA) is 245 Å². The predicted molar refractivity (Wildman–Crippen MR) is 292 cm³/mol. The molecule has 1 saturated heterocycles. The number of amides is 9. The number of imide groups is 1. The summed E-state index contributed by atoms with van der Waals surface area (Å²) in [5, 5.41) is 9.18. The van der Waals surface area contributed by atoms with Crippen LogP contribution in [-0.4, -0.2) is 169 Å². The van der Waals surface area contributed by atoms with Crippen LogP contribution in [0, 0.1) is 23.7 Å². The largest absolute Gasteiger partial charge is 0.379 e. The molecular formula is C57H91N9O11. The number of ether oxygens (including phenoxy) is 2. The third-order valence-corrected chi connectivity index (χ3v) is 15.8. The van der Waals surface area contributed by atoms with Gasteiger partial charge in [-0.25, -0.2) is 0 Å². The summed E-state index contributed by atoms with van der Waals surface area (Å²) in [6.07, 6.45) is 6.56. The van der Waals surface area contributed by atoms with Gasteiger partial charge in [-0.15, -0.1) is 0 Å². The molecule has 4 rings (SSSR count). The van der Waals surface area contributed by atoms with Crippen molar-refractivity contribution in [3.8, 4) is 0 Å². The van der Waals surface area contributed by atoms with Gasteiger partial charge in [-0.2, -0.15) is 0 Å². The number of unbranched alkanes of at least 4 members (excludes halogenated alkanes) is 2. The smallest absolute Gasteiger partial charge is 0.253 e. The van der Waals surface area contributed by atoms with Gasteiger partial charge in [-0.05, 0) is 81.9 Å². The van der Waals surface area contributed by atoms with Gasteiger partial charge in [0.15, 0.2) is 0 Å². The lowest BCUT2D eigenvalue weighted by atomic mass is 9.89. The molecule has 1 aliphatic carbocycles. The number of hydrogen-bond acceptors (Lipinski definition) is 12. The first-order valence-corrected chi connectivity index (χ1v) is 28.0. The molecule has 7 unspecified atom stereocenters. The van der Waals surface area contributed by atoms with Crippen LogP contribution >= 0.6 is 0 Å². The molecule has 2 fully saturated rings. The SMILES string of the molecule is CCCNC(=O)[C@]1(NC(=O)C(C)C(OC)[C@@H]2CCCN2C(=O)CC(OC)C(C(C)CC)N(C)C(=O)C(NC(=O)C(C(C)C)N(C)CCCC(=O)NNC(=O)CCCCCN2C(=O)C=CC2=O)C(C)C)C[C@@H]1c1ccccc1. The lowest BCUT2D eigenvalue weighted by Gasteiger charge is -2.41. The maximum Gasteiger partial charge on any atom is 0.253 e. The number of methoxy groups -OCH3 is 2. The Morgan fingerprint density at radius 3 is 2.01 bits per heavy atom. The van der Waals surface area contributed by atoms with E-state index in [9.17, 15) is 43.2 Å². The average Bonchev–Trinajstić information content (AvgIpc) is 3.79. The monoisotopic (exact) mass is 1080 g/mol.